The van der Waals surface area contributed by atoms with Gasteiger partial charge in [-0.05, 0) is 48.4 Å². The Hall–Kier alpha value is -2.36. The van der Waals surface area contributed by atoms with Crippen molar-refractivity contribution in [3.05, 3.63) is 47.5 Å². The smallest absolute Gasteiger partial charge is 0.146 e. The highest BCUT2D eigenvalue weighted by atomic mass is 16.3. The average Bonchev–Trinajstić information content (AvgIpc) is 3.10. The lowest BCUT2D eigenvalue weighted by molar-refractivity contribution is 0.423. The zero-order chi connectivity index (χ0) is 19.4. The molecule has 0 saturated carbocycles. The van der Waals surface area contributed by atoms with Crippen molar-refractivity contribution < 1.29 is 5.11 Å². The number of aromatic nitrogens is 3. The second kappa shape index (κ2) is 8.12. The molecule has 0 aliphatic heterocycles. The molecule has 0 aliphatic rings. The van der Waals surface area contributed by atoms with Gasteiger partial charge < -0.3 is 5.11 Å². The summed E-state index contributed by atoms with van der Waals surface area (Å²) in [7, 11) is 0. The van der Waals surface area contributed by atoms with E-state index in [4.69, 9.17) is 0 Å². The van der Waals surface area contributed by atoms with E-state index in [0.717, 1.165) is 29.4 Å². The number of aromatic hydroxyl groups is 1. The summed E-state index contributed by atoms with van der Waals surface area (Å²) in [5.74, 6) is 0.291. The van der Waals surface area contributed by atoms with Gasteiger partial charge in [-0.25, -0.2) is 0 Å². The fraction of sp³-hybridized carbons (Fsp3) is 0.478. The number of hydrogen-bond donors (Lipinski definition) is 1. The van der Waals surface area contributed by atoms with Gasteiger partial charge in [-0.2, -0.15) is 0 Å². The fourth-order valence-corrected chi connectivity index (χ4v) is 3.40. The number of nitrogens with zero attached hydrogens (tertiary/aromatic N) is 3. The average molecular weight is 366 g/mol. The van der Waals surface area contributed by atoms with Gasteiger partial charge in [0.05, 0.1) is 0 Å². The highest BCUT2D eigenvalue weighted by Crippen LogP contribution is 2.38. The highest BCUT2D eigenvalue weighted by Gasteiger charge is 2.25. The maximum Gasteiger partial charge on any atom is 0.146 e. The molecule has 0 amide bonds. The minimum atomic E-state index is -0.106. The van der Waals surface area contributed by atoms with E-state index in [0.29, 0.717) is 11.4 Å². The summed E-state index contributed by atoms with van der Waals surface area (Å²) in [4.78, 5) is 1.59. The molecule has 3 rings (SSSR count). The van der Waals surface area contributed by atoms with Crippen LogP contribution in [0.2, 0.25) is 0 Å². The normalized spacial score (nSPS) is 12.0. The van der Waals surface area contributed by atoms with Crippen LogP contribution in [0.5, 0.6) is 5.75 Å². The van der Waals surface area contributed by atoms with E-state index in [1.807, 2.05) is 24.3 Å². The molecule has 1 N–H and O–H groups in total. The Kier molecular flexibility index (Phi) is 5.83. The molecule has 144 valence electrons. The minimum Gasteiger partial charge on any atom is -0.505 e. The molecular formula is C23H31N3O. The van der Waals surface area contributed by atoms with Gasteiger partial charge >= 0.3 is 0 Å². The number of hydrogen-bond acceptors (Lipinski definition) is 3. The van der Waals surface area contributed by atoms with Crippen LogP contribution < -0.4 is 0 Å². The lowest BCUT2D eigenvalue weighted by Crippen LogP contribution is -2.17. The van der Waals surface area contributed by atoms with Crippen LogP contribution in [-0.4, -0.2) is 20.1 Å². The predicted octanol–water partition coefficient (Wildman–Crippen LogP) is 5.94. The number of phenolic OH excluding ortho intramolecular Hbond substituents is 1. The molecular weight excluding hydrogens is 334 g/mol. The number of unbranched alkanes of at least 4 members (excludes halogenated alkanes) is 3. The molecule has 0 unspecified atom stereocenters. The summed E-state index contributed by atoms with van der Waals surface area (Å²) in [6.45, 7) is 8.75. The lowest BCUT2D eigenvalue weighted by atomic mass is 9.80. The van der Waals surface area contributed by atoms with E-state index in [1.165, 1.54) is 31.2 Å². The van der Waals surface area contributed by atoms with Crippen molar-refractivity contribution in [2.45, 2.75) is 71.6 Å². The minimum absolute atomic E-state index is 0.106. The first-order valence-electron chi connectivity index (χ1n) is 10.1. The largest absolute Gasteiger partial charge is 0.505 e. The summed E-state index contributed by atoms with van der Waals surface area (Å²) < 4.78 is 0. The maximum absolute atomic E-state index is 11.1. The Morgan fingerprint density at radius 1 is 0.963 bits per heavy atom. The van der Waals surface area contributed by atoms with Crippen LogP contribution in [0.15, 0.2) is 36.4 Å². The Morgan fingerprint density at radius 2 is 1.63 bits per heavy atom. The Morgan fingerprint density at radius 3 is 2.22 bits per heavy atom. The van der Waals surface area contributed by atoms with E-state index in [-0.39, 0.29) is 5.41 Å². The predicted molar refractivity (Wildman–Crippen MR) is 112 cm³/mol. The van der Waals surface area contributed by atoms with Crippen molar-refractivity contribution in [2.75, 3.05) is 0 Å². The number of rotatable bonds is 8. The molecule has 0 spiro atoms. The molecule has 0 saturated heterocycles. The van der Waals surface area contributed by atoms with Gasteiger partial charge in [0, 0.05) is 5.56 Å². The van der Waals surface area contributed by atoms with Crippen molar-refractivity contribution in [3.8, 4) is 11.4 Å². The van der Waals surface area contributed by atoms with E-state index in [9.17, 15) is 5.11 Å². The molecule has 4 nitrogen and oxygen atoms in total. The topological polar surface area (TPSA) is 50.9 Å². The molecule has 0 radical (unpaired) electrons. The second-order valence-electron chi connectivity index (χ2n) is 8.04. The zero-order valence-electron chi connectivity index (χ0n) is 17.0. The lowest BCUT2D eigenvalue weighted by Gasteiger charge is -2.26. The molecule has 0 atom stereocenters. The maximum atomic E-state index is 11.1. The number of benzene rings is 2. The van der Waals surface area contributed by atoms with E-state index in [1.54, 1.807) is 4.80 Å². The van der Waals surface area contributed by atoms with Crippen molar-refractivity contribution in [1.29, 1.82) is 0 Å². The van der Waals surface area contributed by atoms with Gasteiger partial charge in [-0.15, -0.1) is 15.0 Å². The molecule has 27 heavy (non-hydrogen) atoms. The third-order valence-electron chi connectivity index (χ3n) is 5.58. The quantitative estimate of drug-likeness (QED) is 0.503. The standard InChI is InChI=1S/C23H31N3O/c1-5-7-8-9-12-17-15-18(23(3,4)6-2)22(27)21(16-17)26-24-19-13-10-11-14-20(19)25-26/h10-11,13-16,27H,5-9,12H2,1-4H3. The Balaban J connectivity index is 2.06. The first-order valence-corrected chi connectivity index (χ1v) is 10.1. The van der Waals surface area contributed by atoms with Crippen molar-refractivity contribution >= 4 is 11.0 Å². The van der Waals surface area contributed by atoms with Crippen LogP contribution >= 0.6 is 0 Å². The van der Waals surface area contributed by atoms with Crippen LogP contribution in [0.4, 0.5) is 0 Å². The summed E-state index contributed by atoms with van der Waals surface area (Å²) in [6.07, 6.45) is 6.87. The molecule has 4 heteroatoms. The van der Waals surface area contributed by atoms with Crippen molar-refractivity contribution in [1.82, 2.24) is 15.0 Å². The van der Waals surface area contributed by atoms with Crippen molar-refractivity contribution in [2.24, 2.45) is 0 Å². The molecule has 0 fully saturated rings. The van der Waals surface area contributed by atoms with Gasteiger partial charge in [0.1, 0.15) is 22.5 Å². The summed E-state index contributed by atoms with van der Waals surface area (Å²) >= 11 is 0. The Bertz CT molecular complexity index is 878. The van der Waals surface area contributed by atoms with Crippen molar-refractivity contribution in [3.63, 3.8) is 0 Å². The SMILES string of the molecule is CCCCCCc1cc(-n2nc3ccccc3n2)c(O)c(C(C)(C)CC)c1. The zero-order valence-corrected chi connectivity index (χ0v) is 17.0. The van der Waals surface area contributed by atoms with E-state index < -0.39 is 0 Å². The van der Waals surface area contributed by atoms with Gasteiger partial charge in [0.25, 0.3) is 0 Å². The number of phenols is 1. The van der Waals surface area contributed by atoms with Crippen LogP contribution in [0.1, 0.15) is 70.9 Å². The monoisotopic (exact) mass is 365 g/mol. The van der Waals surface area contributed by atoms with E-state index >= 15 is 0 Å². The van der Waals surface area contributed by atoms with Gasteiger partial charge in [-0.3, -0.25) is 0 Å². The number of aryl methyl sites for hydroxylation is 1. The summed E-state index contributed by atoms with van der Waals surface area (Å²) in [5.41, 5.74) is 4.47. The molecule has 2 aromatic carbocycles. The highest BCUT2D eigenvalue weighted by molar-refractivity contribution is 5.73. The molecule has 1 aromatic heterocycles. The molecule has 1 heterocycles. The number of fused-ring (bicyclic) bond motifs is 1. The second-order valence-corrected chi connectivity index (χ2v) is 8.04. The van der Waals surface area contributed by atoms with Crippen LogP contribution in [0.25, 0.3) is 16.7 Å². The Labute approximate surface area is 162 Å². The fourth-order valence-electron chi connectivity index (χ4n) is 3.40. The molecule has 0 aliphatic carbocycles. The first kappa shape index (κ1) is 19.4. The molecule has 0 bridgehead atoms. The third kappa shape index (κ3) is 4.15. The van der Waals surface area contributed by atoms with Gasteiger partial charge in [0.15, 0.2) is 0 Å². The van der Waals surface area contributed by atoms with Gasteiger partial charge in [0.2, 0.25) is 0 Å². The van der Waals surface area contributed by atoms with Crippen LogP contribution in [0.3, 0.4) is 0 Å². The van der Waals surface area contributed by atoms with Crippen LogP contribution in [0, 0.1) is 0 Å². The van der Waals surface area contributed by atoms with Crippen LogP contribution in [-0.2, 0) is 11.8 Å². The third-order valence-corrected chi connectivity index (χ3v) is 5.58. The van der Waals surface area contributed by atoms with E-state index in [2.05, 4.69) is 50.0 Å². The molecule has 3 aromatic rings. The summed E-state index contributed by atoms with van der Waals surface area (Å²) in [6, 6.07) is 12.0. The van der Waals surface area contributed by atoms with Gasteiger partial charge in [-0.1, -0.05) is 65.2 Å². The first-order chi connectivity index (χ1) is 13.0. The summed E-state index contributed by atoms with van der Waals surface area (Å²) in [5, 5.41) is 20.2.